The zero-order chi connectivity index (χ0) is 7.11. The molecular formula is C7H10N2. The topological polar surface area (TPSA) is 36.2 Å². The lowest BCUT2D eigenvalue weighted by atomic mass is 10.3. The Morgan fingerprint density at radius 3 is 2.78 bits per heavy atom. The van der Waals surface area contributed by atoms with Gasteiger partial charge in [0.2, 0.25) is 0 Å². The lowest BCUT2D eigenvalue weighted by molar-refractivity contribution is 1.01. The van der Waals surface area contributed by atoms with E-state index < -0.39 is 0 Å². The van der Waals surface area contributed by atoms with Crippen molar-refractivity contribution in [2.24, 2.45) is 5.11 Å². The van der Waals surface area contributed by atoms with E-state index in [1.165, 1.54) is 0 Å². The standard InChI is InChI=1S/C7H10N2/c1-3-5-6-7(4-2)9-8/h4,8H,6H2,1-2H3/b7-4-,9-8?. The lowest BCUT2D eigenvalue weighted by Crippen LogP contribution is -1.71. The van der Waals surface area contributed by atoms with Gasteiger partial charge in [-0.25, -0.2) is 5.53 Å². The second-order valence-electron chi connectivity index (χ2n) is 1.50. The molecule has 0 aliphatic carbocycles. The van der Waals surface area contributed by atoms with E-state index in [0.717, 1.165) is 5.70 Å². The predicted octanol–water partition coefficient (Wildman–Crippen LogP) is 2.33. The first kappa shape index (κ1) is 7.90. The molecule has 0 aromatic heterocycles. The Morgan fingerprint density at radius 1 is 1.78 bits per heavy atom. The number of allylic oxidation sites excluding steroid dienone is 2. The molecule has 0 aromatic carbocycles. The third-order valence-electron chi connectivity index (χ3n) is 0.923. The van der Waals surface area contributed by atoms with Crippen LogP contribution in [0.25, 0.3) is 0 Å². The van der Waals surface area contributed by atoms with Gasteiger partial charge < -0.3 is 0 Å². The summed E-state index contributed by atoms with van der Waals surface area (Å²) >= 11 is 0. The van der Waals surface area contributed by atoms with Crippen molar-refractivity contribution in [2.75, 3.05) is 0 Å². The molecule has 0 atom stereocenters. The zero-order valence-corrected chi connectivity index (χ0v) is 5.73. The minimum atomic E-state index is 0.594. The van der Waals surface area contributed by atoms with Crippen molar-refractivity contribution in [3.8, 4) is 11.8 Å². The van der Waals surface area contributed by atoms with E-state index in [0.29, 0.717) is 6.42 Å². The highest BCUT2D eigenvalue weighted by molar-refractivity contribution is 5.09. The van der Waals surface area contributed by atoms with Crippen LogP contribution in [-0.4, -0.2) is 0 Å². The minimum absolute atomic E-state index is 0.594. The Kier molecular flexibility index (Phi) is 4.43. The largest absolute Gasteiger partial charge is 0.205 e. The van der Waals surface area contributed by atoms with Crippen molar-refractivity contribution in [1.82, 2.24) is 0 Å². The van der Waals surface area contributed by atoms with Gasteiger partial charge in [-0.15, -0.1) is 5.92 Å². The molecule has 9 heavy (non-hydrogen) atoms. The van der Waals surface area contributed by atoms with E-state index in [-0.39, 0.29) is 0 Å². The van der Waals surface area contributed by atoms with Crippen LogP contribution in [-0.2, 0) is 0 Å². The van der Waals surface area contributed by atoms with Gasteiger partial charge in [-0.05, 0) is 13.8 Å². The highest BCUT2D eigenvalue weighted by Crippen LogP contribution is 1.99. The Hall–Kier alpha value is -1.10. The van der Waals surface area contributed by atoms with E-state index in [4.69, 9.17) is 5.53 Å². The maximum Gasteiger partial charge on any atom is 0.0700 e. The lowest BCUT2D eigenvalue weighted by Gasteiger charge is -1.86. The summed E-state index contributed by atoms with van der Waals surface area (Å²) in [6.07, 6.45) is 2.38. The summed E-state index contributed by atoms with van der Waals surface area (Å²) in [5, 5.41) is 3.25. The molecule has 0 fully saturated rings. The van der Waals surface area contributed by atoms with Gasteiger partial charge in [-0.3, -0.25) is 0 Å². The quantitative estimate of drug-likeness (QED) is 0.431. The summed E-state index contributed by atoms with van der Waals surface area (Å²) in [6, 6.07) is 0. The molecule has 0 aromatic rings. The van der Waals surface area contributed by atoms with Gasteiger partial charge in [0.05, 0.1) is 12.1 Å². The number of nitrogens with one attached hydrogen (secondary N) is 1. The average Bonchev–Trinajstić information content (AvgIpc) is 1.91. The van der Waals surface area contributed by atoms with E-state index >= 15 is 0 Å². The normalized spacial score (nSPS) is 9.78. The fraction of sp³-hybridized carbons (Fsp3) is 0.429. The summed E-state index contributed by atoms with van der Waals surface area (Å²) < 4.78 is 0. The maximum absolute atomic E-state index is 6.63. The van der Waals surface area contributed by atoms with E-state index in [9.17, 15) is 0 Å². The SMILES string of the molecule is CC#CC/C(=C/C)N=N. The second-order valence-corrected chi connectivity index (χ2v) is 1.50. The van der Waals surface area contributed by atoms with E-state index in [1.54, 1.807) is 13.0 Å². The van der Waals surface area contributed by atoms with E-state index in [1.807, 2.05) is 6.92 Å². The van der Waals surface area contributed by atoms with Gasteiger partial charge in [0.15, 0.2) is 0 Å². The molecule has 48 valence electrons. The van der Waals surface area contributed by atoms with E-state index in [2.05, 4.69) is 17.0 Å². The predicted molar refractivity (Wildman–Crippen MR) is 37.0 cm³/mol. The smallest absolute Gasteiger partial charge is 0.0700 e. The van der Waals surface area contributed by atoms with Crippen LogP contribution >= 0.6 is 0 Å². The fourth-order valence-corrected chi connectivity index (χ4v) is 0.385. The molecule has 2 nitrogen and oxygen atoms in total. The van der Waals surface area contributed by atoms with Gasteiger partial charge in [0, 0.05) is 0 Å². The first-order chi connectivity index (χ1) is 4.35. The molecule has 0 aliphatic rings. The number of hydrogen-bond donors (Lipinski definition) is 1. The number of rotatable bonds is 2. The summed E-state index contributed by atoms with van der Waals surface area (Å²) in [5.41, 5.74) is 7.35. The Labute approximate surface area is 55.5 Å². The summed E-state index contributed by atoms with van der Waals surface area (Å²) in [6.45, 7) is 3.63. The van der Waals surface area contributed by atoms with Gasteiger partial charge >= 0.3 is 0 Å². The molecule has 0 rings (SSSR count). The first-order valence-corrected chi connectivity index (χ1v) is 2.77. The molecule has 0 spiro atoms. The molecule has 0 saturated carbocycles. The zero-order valence-electron chi connectivity index (χ0n) is 5.73. The van der Waals surface area contributed by atoms with Gasteiger partial charge in [0.1, 0.15) is 0 Å². The molecular weight excluding hydrogens is 112 g/mol. The van der Waals surface area contributed by atoms with Crippen LogP contribution < -0.4 is 0 Å². The third-order valence-corrected chi connectivity index (χ3v) is 0.923. The van der Waals surface area contributed by atoms with Crippen LogP contribution in [0.3, 0.4) is 0 Å². The first-order valence-electron chi connectivity index (χ1n) is 2.77. The third kappa shape index (κ3) is 3.48. The Morgan fingerprint density at radius 2 is 2.44 bits per heavy atom. The van der Waals surface area contributed by atoms with Crippen molar-refractivity contribution in [1.29, 1.82) is 5.53 Å². The van der Waals surface area contributed by atoms with Crippen LogP contribution in [0, 0.1) is 17.4 Å². The van der Waals surface area contributed by atoms with Crippen LogP contribution in [0.2, 0.25) is 0 Å². The van der Waals surface area contributed by atoms with Crippen LogP contribution in [0.1, 0.15) is 20.3 Å². The molecule has 0 heterocycles. The molecule has 2 heteroatoms. The van der Waals surface area contributed by atoms with Crippen molar-refractivity contribution in [3.63, 3.8) is 0 Å². The van der Waals surface area contributed by atoms with Crippen molar-refractivity contribution in [2.45, 2.75) is 20.3 Å². The summed E-state index contributed by atoms with van der Waals surface area (Å²) in [5.74, 6) is 5.55. The average molecular weight is 122 g/mol. The number of hydrogen-bond acceptors (Lipinski definition) is 2. The van der Waals surface area contributed by atoms with Crippen molar-refractivity contribution >= 4 is 0 Å². The molecule has 0 aliphatic heterocycles. The summed E-state index contributed by atoms with van der Waals surface area (Å²) in [7, 11) is 0. The molecule has 0 saturated heterocycles. The molecule has 1 N–H and O–H groups in total. The second kappa shape index (κ2) is 5.04. The summed E-state index contributed by atoms with van der Waals surface area (Å²) in [4.78, 5) is 0. The van der Waals surface area contributed by atoms with Gasteiger partial charge in [-0.1, -0.05) is 12.0 Å². The monoisotopic (exact) mass is 122 g/mol. The molecule has 0 amide bonds. The van der Waals surface area contributed by atoms with Gasteiger partial charge in [0.25, 0.3) is 0 Å². The number of nitrogens with zero attached hydrogens (tertiary/aromatic N) is 1. The Bertz CT molecular complexity index is 169. The maximum atomic E-state index is 6.63. The van der Waals surface area contributed by atoms with Crippen molar-refractivity contribution < 1.29 is 0 Å². The molecule has 0 radical (unpaired) electrons. The van der Waals surface area contributed by atoms with Gasteiger partial charge in [-0.2, -0.15) is 5.11 Å². The highest BCUT2D eigenvalue weighted by Gasteiger charge is 1.84. The minimum Gasteiger partial charge on any atom is -0.205 e. The fourth-order valence-electron chi connectivity index (χ4n) is 0.385. The van der Waals surface area contributed by atoms with Crippen molar-refractivity contribution in [3.05, 3.63) is 11.8 Å². The molecule has 0 bridgehead atoms. The van der Waals surface area contributed by atoms with Crippen LogP contribution in [0.4, 0.5) is 0 Å². The Balaban J connectivity index is 3.81. The highest BCUT2D eigenvalue weighted by atomic mass is 15.0. The van der Waals surface area contributed by atoms with Crippen LogP contribution in [0.15, 0.2) is 16.9 Å². The van der Waals surface area contributed by atoms with Crippen LogP contribution in [0.5, 0.6) is 0 Å². The molecule has 0 unspecified atom stereocenters.